The van der Waals surface area contributed by atoms with E-state index >= 15 is 0 Å². The van der Waals surface area contributed by atoms with E-state index in [1.807, 2.05) is 0 Å². The average Bonchev–Trinajstić information content (AvgIpc) is 2.83. The molecule has 0 aliphatic heterocycles. The topological polar surface area (TPSA) is 63.0 Å². The van der Waals surface area contributed by atoms with E-state index in [1.165, 1.54) is 18.5 Å². The third kappa shape index (κ3) is 3.37. The van der Waals surface area contributed by atoms with Crippen molar-refractivity contribution in [2.75, 3.05) is 13.2 Å². The summed E-state index contributed by atoms with van der Waals surface area (Å²) >= 11 is 0. The quantitative estimate of drug-likeness (QED) is 0.828. The zero-order valence-electron chi connectivity index (χ0n) is 11.1. The van der Waals surface area contributed by atoms with Gasteiger partial charge in [0.2, 0.25) is 0 Å². The number of halogens is 2. The maximum Gasteiger partial charge on any atom is 0.144 e. The summed E-state index contributed by atoms with van der Waals surface area (Å²) in [5.41, 5.74) is 0.379. The largest absolute Gasteiger partial charge is 0.395 e. The molecule has 108 valence electrons. The molecule has 2 rings (SSSR count). The van der Waals surface area contributed by atoms with E-state index in [1.54, 1.807) is 11.7 Å². The Kier molecular flexibility index (Phi) is 4.75. The highest BCUT2D eigenvalue weighted by Gasteiger charge is 2.18. The average molecular weight is 282 g/mol. The number of aliphatic hydroxyl groups is 1. The minimum absolute atomic E-state index is 0.0414. The third-order valence-corrected chi connectivity index (χ3v) is 3.00. The third-order valence-electron chi connectivity index (χ3n) is 3.00. The fraction of sp³-hybridized carbons (Fsp3) is 0.385. The molecule has 1 heterocycles. The second-order valence-electron chi connectivity index (χ2n) is 4.41. The smallest absolute Gasteiger partial charge is 0.144 e. The van der Waals surface area contributed by atoms with Gasteiger partial charge in [0.15, 0.2) is 0 Å². The number of hydrogen-bond donors (Lipinski definition) is 2. The Morgan fingerprint density at radius 1 is 1.40 bits per heavy atom. The maximum absolute atomic E-state index is 13.7. The van der Waals surface area contributed by atoms with Crippen molar-refractivity contribution in [3.05, 3.63) is 47.5 Å². The van der Waals surface area contributed by atoms with Crippen molar-refractivity contribution < 1.29 is 13.9 Å². The minimum atomic E-state index is -0.607. The van der Waals surface area contributed by atoms with Crippen LogP contribution in [0.4, 0.5) is 8.78 Å². The fourth-order valence-electron chi connectivity index (χ4n) is 2.02. The van der Waals surface area contributed by atoms with Gasteiger partial charge in [0.05, 0.1) is 12.6 Å². The van der Waals surface area contributed by atoms with Crippen LogP contribution in [-0.4, -0.2) is 33.0 Å². The summed E-state index contributed by atoms with van der Waals surface area (Å²) in [7, 11) is 1.73. The molecule has 7 heteroatoms. The monoisotopic (exact) mass is 282 g/mol. The Balaban J connectivity index is 2.21. The Morgan fingerprint density at radius 3 is 2.80 bits per heavy atom. The number of rotatable bonds is 6. The number of benzene rings is 1. The maximum atomic E-state index is 13.7. The first-order chi connectivity index (χ1) is 9.61. The summed E-state index contributed by atoms with van der Waals surface area (Å²) in [6.07, 6.45) is 1.70. The molecule has 0 bridgehead atoms. The van der Waals surface area contributed by atoms with Crippen LogP contribution < -0.4 is 5.32 Å². The van der Waals surface area contributed by atoms with Gasteiger partial charge in [-0.05, 0) is 18.1 Å². The number of aliphatic hydroxyl groups excluding tert-OH is 1. The zero-order valence-corrected chi connectivity index (χ0v) is 11.1. The Bertz CT molecular complexity index is 573. The number of nitrogens with one attached hydrogen (secondary N) is 1. The van der Waals surface area contributed by atoms with Gasteiger partial charge in [-0.15, -0.1) is 0 Å². The van der Waals surface area contributed by atoms with Gasteiger partial charge in [-0.2, -0.15) is 5.10 Å². The van der Waals surface area contributed by atoms with Crippen LogP contribution in [0.5, 0.6) is 0 Å². The first-order valence-corrected chi connectivity index (χ1v) is 6.24. The highest BCUT2D eigenvalue weighted by molar-refractivity contribution is 5.20. The lowest BCUT2D eigenvalue weighted by Gasteiger charge is -2.17. The van der Waals surface area contributed by atoms with Gasteiger partial charge in [0.25, 0.3) is 0 Å². The molecule has 2 N–H and O–H groups in total. The lowest BCUT2D eigenvalue weighted by Crippen LogP contribution is -2.29. The van der Waals surface area contributed by atoms with Gasteiger partial charge in [-0.1, -0.05) is 6.07 Å². The van der Waals surface area contributed by atoms with Gasteiger partial charge >= 0.3 is 0 Å². The molecule has 5 nitrogen and oxygen atoms in total. The molecule has 2 aromatic rings. The first-order valence-electron chi connectivity index (χ1n) is 6.24. The molecule has 0 saturated heterocycles. The summed E-state index contributed by atoms with van der Waals surface area (Å²) in [5.74, 6) is -0.574. The molecule has 20 heavy (non-hydrogen) atoms. The van der Waals surface area contributed by atoms with Crippen LogP contribution in [0.1, 0.15) is 17.4 Å². The van der Waals surface area contributed by atoms with E-state index in [9.17, 15) is 8.78 Å². The SMILES string of the molecule is Cn1ncnc1C(Cc1ccc(F)cc1F)NCCO. The lowest BCUT2D eigenvalue weighted by molar-refractivity contribution is 0.281. The molecule has 0 radical (unpaired) electrons. The first kappa shape index (κ1) is 14.5. The van der Waals surface area contributed by atoms with Crippen LogP contribution in [0.25, 0.3) is 0 Å². The molecule has 0 saturated carbocycles. The highest BCUT2D eigenvalue weighted by Crippen LogP contribution is 2.19. The standard InChI is InChI=1S/C13H16F2N4O/c1-19-13(17-8-18-19)12(16-4-5-20)6-9-2-3-10(14)7-11(9)15/h2-3,7-8,12,16,20H,4-6H2,1H3. The van der Waals surface area contributed by atoms with Gasteiger partial charge in [-0.25, -0.2) is 13.8 Å². The molecule has 0 aliphatic carbocycles. The van der Waals surface area contributed by atoms with Crippen molar-refractivity contribution in [1.82, 2.24) is 20.1 Å². The van der Waals surface area contributed by atoms with Crippen molar-refractivity contribution in [3.63, 3.8) is 0 Å². The summed E-state index contributed by atoms with van der Waals surface area (Å²) < 4.78 is 28.2. The van der Waals surface area contributed by atoms with E-state index in [0.29, 0.717) is 24.4 Å². The highest BCUT2D eigenvalue weighted by atomic mass is 19.1. The van der Waals surface area contributed by atoms with Crippen molar-refractivity contribution >= 4 is 0 Å². The molecule has 0 amide bonds. The second kappa shape index (κ2) is 6.53. The summed E-state index contributed by atoms with van der Waals surface area (Å²) in [5, 5.41) is 16.0. The van der Waals surface area contributed by atoms with Crippen LogP contribution in [0.15, 0.2) is 24.5 Å². The molecule has 1 unspecified atom stereocenters. The summed E-state index contributed by atoms with van der Waals surface area (Å²) in [6, 6.07) is 3.18. The Morgan fingerprint density at radius 2 is 2.20 bits per heavy atom. The Labute approximate surface area is 115 Å². The lowest BCUT2D eigenvalue weighted by atomic mass is 10.0. The molecular formula is C13H16F2N4O. The van der Waals surface area contributed by atoms with Gasteiger partial charge < -0.3 is 10.4 Å². The summed E-state index contributed by atoms with van der Waals surface area (Å²) in [6.45, 7) is 0.306. The van der Waals surface area contributed by atoms with Crippen LogP contribution in [0.2, 0.25) is 0 Å². The predicted octanol–water partition coefficient (Wildman–Crippen LogP) is 0.959. The predicted molar refractivity (Wildman–Crippen MR) is 68.9 cm³/mol. The van der Waals surface area contributed by atoms with E-state index in [2.05, 4.69) is 15.4 Å². The Hall–Kier alpha value is -1.86. The van der Waals surface area contributed by atoms with E-state index < -0.39 is 11.6 Å². The molecule has 0 aliphatic rings. The van der Waals surface area contributed by atoms with E-state index in [0.717, 1.165) is 6.07 Å². The molecule has 1 aromatic carbocycles. The van der Waals surface area contributed by atoms with E-state index in [4.69, 9.17) is 5.11 Å². The van der Waals surface area contributed by atoms with Crippen LogP contribution in [0.3, 0.4) is 0 Å². The molecule has 1 atom stereocenters. The van der Waals surface area contributed by atoms with Crippen molar-refractivity contribution in [2.45, 2.75) is 12.5 Å². The van der Waals surface area contributed by atoms with E-state index in [-0.39, 0.29) is 12.6 Å². The van der Waals surface area contributed by atoms with Crippen LogP contribution >= 0.6 is 0 Å². The zero-order chi connectivity index (χ0) is 14.5. The number of nitrogens with zero attached hydrogens (tertiary/aromatic N) is 3. The number of aryl methyl sites for hydroxylation is 1. The fourth-order valence-corrected chi connectivity index (χ4v) is 2.02. The number of hydrogen-bond acceptors (Lipinski definition) is 4. The molecular weight excluding hydrogens is 266 g/mol. The van der Waals surface area contributed by atoms with Crippen LogP contribution in [-0.2, 0) is 13.5 Å². The van der Waals surface area contributed by atoms with Gasteiger partial charge in [-0.3, -0.25) is 4.68 Å². The van der Waals surface area contributed by atoms with Crippen molar-refractivity contribution in [2.24, 2.45) is 7.05 Å². The summed E-state index contributed by atoms with van der Waals surface area (Å²) in [4.78, 5) is 4.12. The van der Waals surface area contributed by atoms with Crippen molar-refractivity contribution in [1.29, 1.82) is 0 Å². The second-order valence-corrected chi connectivity index (χ2v) is 4.41. The van der Waals surface area contributed by atoms with Crippen LogP contribution in [0, 0.1) is 11.6 Å². The molecule has 0 spiro atoms. The van der Waals surface area contributed by atoms with Crippen molar-refractivity contribution in [3.8, 4) is 0 Å². The number of aromatic nitrogens is 3. The molecule has 0 fully saturated rings. The van der Waals surface area contributed by atoms with Gasteiger partial charge in [0, 0.05) is 19.7 Å². The minimum Gasteiger partial charge on any atom is -0.395 e. The molecule has 1 aromatic heterocycles. The normalized spacial score (nSPS) is 12.6. The van der Waals surface area contributed by atoms with Gasteiger partial charge in [0.1, 0.15) is 23.8 Å².